The van der Waals surface area contributed by atoms with Crippen molar-refractivity contribution < 1.29 is 80.2 Å². The van der Waals surface area contributed by atoms with Crippen molar-refractivity contribution in [3.05, 3.63) is 109 Å². The van der Waals surface area contributed by atoms with Crippen LogP contribution in [-0.2, 0) is 65.4 Å². The van der Waals surface area contributed by atoms with Crippen molar-refractivity contribution in [1.82, 2.24) is 0 Å². The highest BCUT2D eigenvalue weighted by Gasteiger charge is 2.30. The van der Waals surface area contributed by atoms with Gasteiger partial charge in [-0.15, -0.1) is 0 Å². The molecular formula is C77H132O17P2. The van der Waals surface area contributed by atoms with E-state index >= 15 is 0 Å². The molecule has 3 N–H and O–H groups in total. The minimum Gasteiger partial charge on any atom is -0.462 e. The second-order valence-electron chi connectivity index (χ2n) is 24.5. The van der Waals surface area contributed by atoms with Gasteiger partial charge in [-0.1, -0.05) is 265 Å². The standard InChI is InChI=1S/C77H132O17P2/c1-5-9-13-17-21-25-29-32-34-35-37-39-43-46-50-54-58-62-75(80)88-68-73(94-77(82)64-60-56-52-48-44-40-36-33-30-26-22-18-14-10-6-2)70-92-96(85,86)90-66-71(78)65-89-95(83,84)91-69-72(93-76(81)63-59-55-51-47-41-28-24-20-16-12-8-4)67-87-74(79)61-57-53-49-45-42-38-31-27-23-19-15-11-7-3/h9-10,13-14,20-22,24-26,32-34,36-37,39,46,50,71-73,78H,5-8,11-12,15-19,23,27-31,35,38,40-45,47-49,51-70H2,1-4H3,(H,83,84)(H,85,86)/b13-9-,14-10-,24-20-,25-21-,26-22-,34-32-,36-33-,39-37-,50-46-. The minimum absolute atomic E-state index is 0.0616. The van der Waals surface area contributed by atoms with Crippen LogP contribution in [0.5, 0.6) is 0 Å². The lowest BCUT2D eigenvalue weighted by molar-refractivity contribution is -0.161. The molecule has 5 unspecified atom stereocenters. The van der Waals surface area contributed by atoms with Gasteiger partial charge in [-0.3, -0.25) is 37.3 Å². The van der Waals surface area contributed by atoms with Gasteiger partial charge in [-0.05, 0) is 116 Å². The van der Waals surface area contributed by atoms with E-state index in [1.807, 2.05) is 12.2 Å². The Labute approximate surface area is 581 Å². The van der Waals surface area contributed by atoms with E-state index in [1.165, 1.54) is 70.6 Å². The molecule has 552 valence electrons. The number of rotatable bonds is 69. The fourth-order valence-corrected chi connectivity index (χ4v) is 11.2. The first-order valence-electron chi connectivity index (χ1n) is 37.1. The van der Waals surface area contributed by atoms with Gasteiger partial charge in [0.05, 0.1) is 26.4 Å². The summed E-state index contributed by atoms with van der Waals surface area (Å²) in [4.78, 5) is 72.7. The van der Waals surface area contributed by atoms with Crippen molar-refractivity contribution >= 4 is 39.5 Å². The summed E-state index contributed by atoms with van der Waals surface area (Å²) in [7, 11) is -9.96. The van der Waals surface area contributed by atoms with Gasteiger partial charge in [0.25, 0.3) is 0 Å². The van der Waals surface area contributed by atoms with Gasteiger partial charge >= 0.3 is 39.5 Å². The number of esters is 4. The third-order valence-electron chi connectivity index (χ3n) is 15.2. The molecule has 0 amide bonds. The third-order valence-corrected chi connectivity index (χ3v) is 17.1. The first-order valence-corrected chi connectivity index (χ1v) is 40.1. The molecule has 96 heavy (non-hydrogen) atoms. The Morgan fingerprint density at radius 1 is 0.302 bits per heavy atom. The number of phosphoric ester groups is 2. The van der Waals surface area contributed by atoms with Crippen LogP contribution >= 0.6 is 15.6 Å². The number of phosphoric acid groups is 2. The number of hydrogen-bond donors (Lipinski definition) is 3. The second-order valence-corrected chi connectivity index (χ2v) is 27.4. The largest absolute Gasteiger partial charge is 0.472 e. The molecule has 0 rings (SSSR count). The van der Waals surface area contributed by atoms with Crippen molar-refractivity contribution in [3.8, 4) is 0 Å². The van der Waals surface area contributed by atoms with Crippen LogP contribution in [0.25, 0.3) is 0 Å². The molecule has 0 aliphatic rings. The molecule has 19 heteroatoms. The maximum Gasteiger partial charge on any atom is 0.472 e. The molecule has 0 spiro atoms. The molecule has 0 saturated carbocycles. The zero-order valence-corrected chi connectivity index (χ0v) is 61.8. The van der Waals surface area contributed by atoms with Crippen LogP contribution in [0.1, 0.15) is 297 Å². The van der Waals surface area contributed by atoms with Gasteiger partial charge in [-0.2, -0.15) is 0 Å². The van der Waals surface area contributed by atoms with E-state index < -0.39 is 97.5 Å². The molecule has 0 bridgehead atoms. The summed E-state index contributed by atoms with van der Waals surface area (Å²) in [5.74, 6) is -2.26. The molecule has 0 aliphatic heterocycles. The van der Waals surface area contributed by atoms with Crippen molar-refractivity contribution in [2.24, 2.45) is 0 Å². The van der Waals surface area contributed by atoms with E-state index in [1.54, 1.807) is 0 Å². The van der Waals surface area contributed by atoms with Crippen LogP contribution < -0.4 is 0 Å². The lowest BCUT2D eigenvalue weighted by Crippen LogP contribution is -2.30. The van der Waals surface area contributed by atoms with E-state index in [0.29, 0.717) is 32.1 Å². The van der Waals surface area contributed by atoms with Crippen LogP contribution in [-0.4, -0.2) is 96.7 Å². The average molecular weight is 1390 g/mol. The molecule has 0 radical (unpaired) electrons. The first kappa shape index (κ1) is 91.7. The van der Waals surface area contributed by atoms with Gasteiger partial charge in [-0.25, -0.2) is 9.13 Å². The van der Waals surface area contributed by atoms with Crippen molar-refractivity contribution in [1.29, 1.82) is 0 Å². The molecule has 5 atom stereocenters. The molecule has 0 heterocycles. The molecule has 0 aromatic carbocycles. The van der Waals surface area contributed by atoms with Gasteiger partial charge < -0.3 is 33.8 Å². The number of allylic oxidation sites excluding steroid dienone is 18. The fraction of sp³-hybridized carbons (Fsp3) is 0.714. The summed E-state index contributed by atoms with van der Waals surface area (Å²) >= 11 is 0. The summed E-state index contributed by atoms with van der Waals surface area (Å²) in [6.07, 6.45) is 72.4. The van der Waals surface area contributed by atoms with E-state index in [9.17, 15) is 43.2 Å². The highest BCUT2D eigenvalue weighted by molar-refractivity contribution is 7.47. The monoisotopic (exact) mass is 1390 g/mol. The normalized spacial score (nSPS) is 14.6. The SMILES string of the molecule is CC/C=C\C/C=C\C/C=C\C/C=C\C/C=C\CCCC(=O)OCC(COP(=O)(O)OCC(O)COP(=O)(O)OCC(COC(=O)CCCCCCCCCCCCCCC)OC(=O)CCCCCCC/C=C\CCCC)OC(=O)CCCCCCC/C=C\C/C=C\C/C=C\CC. The van der Waals surface area contributed by atoms with Crippen molar-refractivity contribution in [2.75, 3.05) is 39.6 Å². The summed E-state index contributed by atoms with van der Waals surface area (Å²) in [6.45, 7) is 4.51. The van der Waals surface area contributed by atoms with Crippen LogP contribution in [0.15, 0.2) is 109 Å². The lowest BCUT2D eigenvalue weighted by atomic mass is 10.0. The van der Waals surface area contributed by atoms with Gasteiger partial charge in [0, 0.05) is 25.7 Å². The fourth-order valence-electron chi connectivity index (χ4n) is 9.60. The number of carbonyl (C=O) groups is 4. The van der Waals surface area contributed by atoms with Crippen molar-refractivity contribution in [2.45, 2.75) is 316 Å². The van der Waals surface area contributed by atoms with Gasteiger partial charge in [0.1, 0.15) is 19.3 Å². The zero-order valence-electron chi connectivity index (χ0n) is 60.0. The van der Waals surface area contributed by atoms with Gasteiger partial charge in [0.15, 0.2) is 12.2 Å². The van der Waals surface area contributed by atoms with Crippen LogP contribution in [0.2, 0.25) is 0 Å². The van der Waals surface area contributed by atoms with Crippen LogP contribution in [0.4, 0.5) is 0 Å². The smallest absolute Gasteiger partial charge is 0.462 e. The third kappa shape index (κ3) is 68.3. The number of aliphatic hydroxyl groups excluding tert-OH is 1. The Balaban J connectivity index is 5.39. The Kier molecular flexibility index (Phi) is 66.1. The number of unbranched alkanes of at least 4 members (excludes halogenated alkanes) is 25. The predicted octanol–water partition coefficient (Wildman–Crippen LogP) is 21.0. The molecule has 0 aromatic rings. The van der Waals surface area contributed by atoms with E-state index in [2.05, 4.69) is 125 Å². The summed E-state index contributed by atoms with van der Waals surface area (Å²) in [5, 5.41) is 10.6. The Morgan fingerprint density at radius 2 is 0.562 bits per heavy atom. The molecule has 0 aromatic heterocycles. The van der Waals surface area contributed by atoms with Crippen LogP contribution in [0.3, 0.4) is 0 Å². The predicted molar refractivity (Wildman–Crippen MR) is 390 cm³/mol. The summed E-state index contributed by atoms with van der Waals surface area (Å²) in [5.41, 5.74) is 0. The van der Waals surface area contributed by atoms with Gasteiger partial charge in [0.2, 0.25) is 0 Å². The number of aliphatic hydroxyl groups is 1. The molecule has 0 saturated heterocycles. The maximum atomic E-state index is 13.1. The number of hydrogen-bond acceptors (Lipinski definition) is 15. The van der Waals surface area contributed by atoms with E-state index in [0.717, 1.165) is 141 Å². The quantitative estimate of drug-likeness (QED) is 0.0169. The second kappa shape index (κ2) is 69.2. The maximum absolute atomic E-state index is 13.1. The lowest BCUT2D eigenvalue weighted by Gasteiger charge is -2.21. The molecule has 0 fully saturated rings. The number of ether oxygens (including phenoxy) is 4. The molecular weight excluding hydrogens is 1260 g/mol. The minimum atomic E-state index is -4.99. The highest BCUT2D eigenvalue weighted by atomic mass is 31.2. The Morgan fingerprint density at radius 3 is 0.917 bits per heavy atom. The average Bonchev–Trinajstić information content (AvgIpc) is 2.18. The number of carbonyl (C=O) groups excluding carboxylic acids is 4. The molecule has 17 nitrogen and oxygen atoms in total. The zero-order chi connectivity index (χ0) is 70.4. The van der Waals surface area contributed by atoms with Crippen LogP contribution in [0, 0.1) is 0 Å². The topological polar surface area (TPSA) is 237 Å². The Bertz CT molecular complexity index is 2250. The Hall–Kier alpha value is -4.28. The first-order chi connectivity index (χ1) is 46.7. The van der Waals surface area contributed by atoms with E-state index in [4.69, 9.17) is 37.0 Å². The molecule has 0 aliphatic carbocycles. The highest BCUT2D eigenvalue weighted by Crippen LogP contribution is 2.45. The van der Waals surface area contributed by atoms with Crippen molar-refractivity contribution in [3.63, 3.8) is 0 Å². The summed E-state index contributed by atoms with van der Waals surface area (Å²) < 4.78 is 68.3. The summed E-state index contributed by atoms with van der Waals surface area (Å²) in [6, 6.07) is 0. The van der Waals surface area contributed by atoms with E-state index in [-0.39, 0.29) is 25.7 Å².